The molecule has 1 aromatic rings. The molecule has 0 bridgehead atoms. The normalized spacial score (nSPS) is 25.4. The molecule has 0 aromatic carbocycles. The van der Waals surface area contributed by atoms with E-state index >= 15 is 0 Å². The quantitative estimate of drug-likeness (QED) is 0.798. The second-order valence-electron chi connectivity index (χ2n) is 6.02. The SMILES string of the molecule is CCc1ccc(CC(NC)C2CCCC(CC)C2)s1. The largest absolute Gasteiger partial charge is 0.316 e. The maximum Gasteiger partial charge on any atom is 0.0141 e. The van der Waals surface area contributed by atoms with Crippen LogP contribution in [0.4, 0.5) is 0 Å². The Morgan fingerprint density at radius 2 is 2.05 bits per heavy atom. The molecule has 3 atom stereocenters. The van der Waals surface area contributed by atoms with Crippen molar-refractivity contribution in [3.8, 4) is 0 Å². The summed E-state index contributed by atoms with van der Waals surface area (Å²) >= 11 is 2.01. The van der Waals surface area contributed by atoms with E-state index in [1.54, 1.807) is 4.88 Å². The van der Waals surface area contributed by atoms with Crippen molar-refractivity contribution in [2.45, 2.75) is 64.8 Å². The minimum atomic E-state index is 0.678. The Balaban J connectivity index is 1.95. The highest BCUT2D eigenvalue weighted by atomic mass is 32.1. The van der Waals surface area contributed by atoms with Crippen LogP contribution in [0, 0.1) is 11.8 Å². The highest BCUT2D eigenvalue weighted by Crippen LogP contribution is 2.34. The van der Waals surface area contributed by atoms with Gasteiger partial charge in [-0.25, -0.2) is 0 Å². The lowest BCUT2D eigenvalue weighted by molar-refractivity contribution is 0.213. The van der Waals surface area contributed by atoms with Gasteiger partial charge in [-0.05, 0) is 56.7 Å². The van der Waals surface area contributed by atoms with Gasteiger partial charge in [0.25, 0.3) is 0 Å². The molecule has 1 aromatic heterocycles. The number of nitrogens with one attached hydrogen (secondary N) is 1. The smallest absolute Gasteiger partial charge is 0.0141 e. The highest BCUT2D eigenvalue weighted by molar-refractivity contribution is 7.11. The van der Waals surface area contributed by atoms with E-state index in [2.05, 4.69) is 38.3 Å². The molecule has 1 N–H and O–H groups in total. The van der Waals surface area contributed by atoms with Gasteiger partial charge >= 0.3 is 0 Å². The number of rotatable bonds is 6. The van der Waals surface area contributed by atoms with E-state index in [0.717, 1.165) is 11.8 Å². The summed E-state index contributed by atoms with van der Waals surface area (Å²) < 4.78 is 0. The van der Waals surface area contributed by atoms with Gasteiger partial charge in [0.1, 0.15) is 0 Å². The molecule has 1 fully saturated rings. The van der Waals surface area contributed by atoms with Crippen LogP contribution < -0.4 is 5.32 Å². The fourth-order valence-electron chi connectivity index (χ4n) is 3.51. The Morgan fingerprint density at radius 1 is 1.26 bits per heavy atom. The third-order valence-electron chi connectivity index (χ3n) is 4.83. The van der Waals surface area contributed by atoms with Gasteiger partial charge in [-0.3, -0.25) is 0 Å². The summed E-state index contributed by atoms with van der Waals surface area (Å²) in [5.41, 5.74) is 0. The van der Waals surface area contributed by atoms with Crippen LogP contribution in [0.2, 0.25) is 0 Å². The summed E-state index contributed by atoms with van der Waals surface area (Å²) in [4.78, 5) is 3.09. The number of aryl methyl sites for hydroxylation is 1. The molecule has 0 spiro atoms. The van der Waals surface area contributed by atoms with Gasteiger partial charge in [-0.1, -0.05) is 33.1 Å². The summed E-state index contributed by atoms with van der Waals surface area (Å²) in [5.74, 6) is 1.86. The maximum absolute atomic E-state index is 3.60. The van der Waals surface area contributed by atoms with Crippen molar-refractivity contribution >= 4 is 11.3 Å². The van der Waals surface area contributed by atoms with Crippen LogP contribution in [0.1, 0.15) is 55.7 Å². The zero-order chi connectivity index (χ0) is 13.7. The van der Waals surface area contributed by atoms with Crippen LogP contribution in [-0.2, 0) is 12.8 Å². The van der Waals surface area contributed by atoms with E-state index in [0.29, 0.717) is 6.04 Å². The van der Waals surface area contributed by atoms with Crippen molar-refractivity contribution in [2.75, 3.05) is 7.05 Å². The average molecular weight is 279 g/mol. The first kappa shape index (κ1) is 15.1. The summed E-state index contributed by atoms with van der Waals surface area (Å²) in [6.07, 6.45) is 9.53. The van der Waals surface area contributed by atoms with Crippen LogP contribution in [0.25, 0.3) is 0 Å². The van der Waals surface area contributed by atoms with E-state index in [-0.39, 0.29) is 0 Å². The minimum absolute atomic E-state index is 0.678. The zero-order valence-corrected chi connectivity index (χ0v) is 13.6. The molecule has 19 heavy (non-hydrogen) atoms. The van der Waals surface area contributed by atoms with E-state index in [9.17, 15) is 0 Å². The van der Waals surface area contributed by atoms with Crippen LogP contribution >= 0.6 is 11.3 Å². The Morgan fingerprint density at radius 3 is 2.68 bits per heavy atom. The van der Waals surface area contributed by atoms with Gasteiger partial charge in [0.05, 0.1) is 0 Å². The zero-order valence-electron chi connectivity index (χ0n) is 12.7. The van der Waals surface area contributed by atoms with Gasteiger partial charge in [0.2, 0.25) is 0 Å². The summed E-state index contributed by atoms with van der Waals surface area (Å²) in [5, 5.41) is 3.60. The second kappa shape index (κ2) is 7.44. The van der Waals surface area contributed by atoms with Gasteiger partial charge in [0, 0.05) is 15.8 Å². The predicted molar refractivity (Wildman–Crippen MR) is 86.0 cm³/mol. The molecule has 1 aliphatic carbocycles. The lowest BCUT2D eigenvalue weighted by atomic mass is 9.76. The molecule has 2 heteroatoms. The van der Waals surface area contributed by atoms with Gasteiger partial charge in [-0.2, -0.15) is 0 Å². The lowest BCUT2D eigenvalue weighted by Gasteiger charge is -2.34. The second-order valence-corrected chi connectivity index (χ2v) is 7.27. The standard InChI is InChI=1S/C17H29NS/c1-4-13-7-6-8-14(11-13)17(18-3)12-16-10-9-15(5-2)19-16/h9-10,13-14,17-18H,4-8,11-12H2,1-3H3. The summed E-state index contributed by atoms with van der Waals surface area (Å²) in [7, 11) is 2.15. The molecule has 108 valence electrons. The number of hydrogen-bond donors (Lipinski definition) is 1. The van der Waals surface area contributed by atoms with E-state index in [1.165, 1.54) is 49.8 Å². The highest BCUT2D eigenvalue weighted by Gasteiger charge is 2.27. The molecule has 0 radical (unpaired) electrons. The van der Waals surface area contributed by atoms with Crippen molar-refractivity contribution in [2.24, 2.45) is 11.8 Å². The number of hydrogen-bond acceptors (Lipinski definition) is 2. The van der Waals surface area contributed by atoms with E-state index < -0.39 is 0 Å². The molecular weight excluding hydrogens is 250 g/mol. The Bertz CT molecular complexity index is 371. The fraction of sp³-hybridized carbons (Fsp3) is 0.765. The lowest BCUT2D eigenvalue weighted by Crippen LogP contribution is -2.38. The van der Waals surface area contributed by atoms with Crippen LogP contribution in [-0.4, -0.2) is 13.1 Å². The van der Waals surface area contributed by atoms with Crippen molar-refractivity contribution in [1.29, 1.82) is 0 Å². The van der Waals surface area contributed by atoms with Gasteiger partial charge in [-0.15, -0.1) is 11.3 Å². The van der Waals surface area contributed by atoms with Crippen LogP contribution in [0.3, 0.4) is 0 Å². The fourth-order valence-corrected chi connectivity index (χ4v) is 4.53. The van der Waals surface area contributed by atoms with E-state index in [4.69, 9.17) is 0 Å². The maximum atomic E-state index is 3.60. The molecule has 1 nitrogen and oxygen atoms in total. The monoisotopic (exact) mass is 279 g/mol. The number of thiophene rings is 1. The Labute approximate surface area is 122 Å². The van der Waals surface area contributed by atoms with Gasteiger partial charge < -0.3 is 5.32 Å². The molecule has 3 unspecified atom stereocenters. The molecule has 0 saturated heterocycles. The first-order valence-electron chi connectivity index (χ1n) is 8.01. The minimum Gasteiger partial charge on any atom is -0.316 e. The third-order valence-corrected chi connectivity index (χ3v) is 6.08. The molecule has 1 saturated carbocycles. The van der Waals surface area contributed by atoms with Crippen molar-refractivity contribution in [1.82, 2.24) is 5.32 Å². The molecule has 1 aliphatic rings. The third kappa shape index (κ3) is 4.06. The van der Waals surface area contributed by atoms with Crippen LogP contribution in [0.5, 0.6) is 0 Å². The molecule has 1 heterocycles. The van der Waals surface area contributed by atoms with Crippen molar-refractivity contribution < 1.29 is 0 Å². The molecular formula is C17H29NS. The topological polar surface area (TPSA) is 12.0 Å². The molecule has 0 aliphatic heterocycles. The number of likely N-dealkylation sites (N-methyl/N-ethyl adjacent to an activating group) is 1. The summed E-state index contributed by atoms with van der Waals surface area (Å²) in [6, 6.07) is 5.33. The van der Waals surface area contributed by atoms with Crippen molar-refractivity contribution in [3.05, 3.63) is 21.9 Å². The Hall–Kier alpha value is -0.340. The Kier molecular flexibility index (Phi) is 5.90. The van der Waals surface area contributed by atoms with Crippen molar-refractivity contribution in [3.63, 3.8) is 0 Å². The average Bonchev–Trinajstić information content (AvgIpc) is 2.92. The van der Waals surface area contributed by atoms with Gasteiger partial charge in [0.15, 0.2) is 0 Å². The summed E-state index contributed by atoms with van der Waals surface area (Å²) in [6.45, 7) is 4.60. The van der Waals surface area contributed by atoms with E-state index in [1.807, 2.05) is 11.3 Å². The first-order chi connectivity index (χ1) is 9.26. The first-order valence-corrected chi connectivity index (χ1v) is 8.83. The molecule has 2 rings (SSSR count). The predicted octanol–water partition coefficient (Wildman–Crippen LogP) is 4.66. The molecule has 0 amide bonds. The van der Waals surface area contributed by atoms with Crippen LogP contribution in [0.15, 0.2) is 12.1 Å².